The van der Waals surface area contributed by atoms with Gasteiger partial charge in [-0.1, -0.05) is 0 Å². The summed E-state index contributed by atoms with van der Waals surface area (Å²) in [4.78, 5) is 26.2. The predicted octanol–water partition coefficient (Wildman–Crippen LogP) is 1.02. The molecular formula is C18H32N6OS. The Bertz CT molecular complexity index is 587. The van der Waals surface area contributed by atoms with Crippen LogP contribution < -0.4 is 10.6 Å². The maximum atomic E-state index is 11.4. The number of nitrogens with one attached hydrogen (secondary N) is 2. The summed E-state index contributed by atoms with van der Waals surface area (Å²) in [7, 11) is 0. The molecule has 0 atom stereocenters. The highest BCUT2D eigenvalue weighted by Crippen LogP contribution is 2.16. The van der Waals surface area contributed by atoms with E-state index in [0.29, 0.717) is 0 Å². The lowest BCUT2D eigenvalue weighted by molar-refractivity contribution is -0.130. The molecule has 1 saturated heterocycles. The van der Waals surface area contributed by atoms with E-state index < -0.39 is 0 Å². The maximum absolute atomic E-state index is 11.4. The highest BCUT2D eigenvalue weighted by atomic mass is 32.1. The molecular weight excluding hydrogens is 348 g/mol. The summed E-state index contributed by atoms with van der Waals surface area (Å²) in [5, 5.41) is 7.86. The fraction of sp³-hybridized carbons (Fsp3) is 0.722. The van der Waals surface area contributed by atoms with Crippen LogP contribution in [0.2, 0.25) is 0 Å². The van der Waals surface area contributed by atoms with Crippen molar-refractivity contribution in [2.45, 2.75) is 34.1 Å². The van der Waals surface area contributed by atoms with Crippen LogP contribution in [0.3, 0.4) is 0 Å². The number of rotatable bonds is 7. The van der Waals surface area contributed by atoms with Crippen LogP contribution in [0.15, 0.2) is 4.99 Å². The van der Waals surface area contributed by atoms with E-state index in [0.717, 1.165) is 70.4 Å². The summed E-state index contributed by atoms with van der Waals surface area (Å²) in [6, 6.07) is 0. The summed E-state index contributed by atoms with van der Waals surface area (Å²) in [5.41, 5.74) is 1.13. The lowest BCUT2D eigenvalue weighted by atomic mass is 10.3. The van der Waals surface area contributed by atoms with Crippen molar-refractivity contribution >= 4 is 23.2 Å². The topological polar surface area (TPSA) is 72.9 Å². The van der Waals surface area contributed by atoms with E-state index in [1.165, 1.54) is 9.88 Å². The number of carbonyl (C=O) groups excluding carboxylic acids is 1. The molecule has 0 aromatic carbocycles. The first-order valence-electron chi connectivity index (χ1n) is 9.42. The van der Waals surface area contributed by atoms with Gasteiger partial charge in [-0.25, -0.2) is 4.98 Å². The van der Waals surface area contributed by atoms with Crippen molar-refractivity contribution in [2.24, 2.45) is 4.99 Å². The molecule has 1 aromatic heterocycles. The Morgan fingerprint density at radius 2 is 1.96 bits per heavy atom. The van der Waals surface area contributed by atoms with E-state index in [2.05, 4.69) is 46.3 Å². The molecule has 1 amide bonds. The fourth-order valence-electron chi connectivity index (χ4n) is 2.87. The molecule has 0 saturated carbocycles. The molecule has 1 aliphatic heterocycles. The number of aromatic nitrogens is 1. The largest absolute Gasteiger partial charge is 0.357 e. The van der Waals surface area contributed by atoms with Crippen LogP contribution >= 0.6 is 11.3 Å². The van der Waals surface area contributed by atoms with Crippen molar-refractivity contribution in [3.63, 3.8) is 0 Å². The molecule has 1 aromatic rings. The number of hydrogen-bond acceptors (Lipinski definition) is 5. The Labute approximate surface area is 160 Å². The molecule has 2 N–H and O–H groups in total. The molecule has 2 heterocycles. The zero-order valence-electron chi connectivity index (χ0n) is 16.5. The number of guanidine groups is 1. The third kappa shape index (κ3) is 6.57. The minimum atomic E-state index is 0.173. The van der Waals surface area contributed by atoms with Gasteiger partial charge in [0.2, 0.25) is 5.91 Å². The zero-order chi connectivity index (χ0) is 18.9. The number of aryl methyl sites for hydroxylation is 2. The second kappa shape index (κ2) is 10.5. The number of thiazole rings is 1. The van der Waals surface area contributed by atoms with Gasteiger partial charge in [0.25, 0.3) is 0 Å². The Kier molecular flexibility index (Phi) is 8.31. The minimum Gasteiger partial charge on any atom is -0.357 e. The third-order valence-electron chi connectivity index (χ3n) is 4.55. The SMILES string of the molecule is CCNC(=NCCN1CCN(C(C)=O)CC1)NCCc1nc(C)c(C)s1. The van der Waals surface area contributed by atoms with E-state index in [-0.39, 0.29) is 5.91 Å². The normalized spacial score (nSPS) is 16.0. The standard InChI is InChI=1S/C18H32N6OS/c1-5-19-18(20-7-6-17-22-14(2)15(3)26-17)21-8-9-23-10-12-24(13-11-23)16(4)25/h5-13H2,1-4H3,(H2,19,20,21). The first-order chi connectivity index (χ1) is 12.5. The van der Waals surface area contributed by atoms with Crippen LogP contribution in [-0.4, -0.2) is 79.0 Å². The quantitative estimate of drug-likeness (QED) is 0.546. The van der Waals surface area contributed by atoms with Crippen molar-refractivity contribution in [1.82, 2.24) is 25.4 Å². The zero-order valence-corrected chi connectivity index (χ0v) is 17.3. The number of hydrogen-bond donors (Lipinski definition) is 2. The predicted molar refractivity (Wildman–Crippen MR) is 108 cm³/mol. The lowest BCUT2D eigenvalue weighted by Gasteiger charge is -2.33. The van der Waals surface area contributed by atoms with Gasteiger partial charge in [0.1, 0.15) is 0 Å². The molecule has 146 valence electrons. The van der Waals surface area contributed by atoms with Gasteiger partial charge >= 0.3 is 0 Å². The molecule has 0 unspecified atom stereocenters. The Morgan fingerprint density at radius 1 is 1.23 bits per heavy atom. The Morgan fingerprint density at radius 3 is 2.54 bits per heavy atom. The van der Waals surface area contributed by atoms with Gasteiger partial charge in [-0.15, -0.1) is 11.3 Å². The number of aliphatic imine (C=N–C) groups is 1. The smallest absolute Gasteiger partial charge is 0.219 e. The molecule has 8 heteroatoms. The first kappa shape index (κ1) is 20.6. The summed E-state index contributed by atoms with van der Waals surface area (Å²) < 4.78 is 0. The monoisotopic (exact) mass is 380 g/mol. The molecule has 0 spiro atoms. The van der Waals surface area contributed by atoms with Gasteiger partial charge in [0.15, 0.2) is 5.96 Å². The van der Waals surface area contributed by atoms with E-state index in [1.54, 1.807) is 18.3 Å². The van der Waals surface area contributed by atoms with Gasteiger partial charge in [0, 0.05) is 64.0 Å². The molecule has 0 bridgehead atoms. The first-order valence-corrected chi connectivity index (χ1v) is 10.2. The summed E-state index contributed by atoms with van der Waals surface area (Å²) >= 11 is 1.77. The van der Waals surface area contributed by atoms with Crippen molar-refractivity contribution in [3.05, 3.63) is 15.6 Å². The van der Waals surface area contributed by atoms with Crippen LogP contribution in [0, 0.1) is 13.8 Å². The summed E-state index contributed by atoms with van der Waals surface area (Å²) in [6.45, 7) is 14.8. The summed E-state index contributed by atoms with van der Waals surface area (Å²) in [6.07, 6.45) is 0.913. The second-order valence-corrected chi connectivity index (χ2v) is 7.82. The molecule has 1 aliphatic rings. The molecule has 0 radical (unpaired) electrons. The third-order valence-corrected chi connectivity index (χ3v) is 5.68. The average molecular weight is 381 g/mol. The van der Waals surface area contributed by atoms with Gasteiger partial charge in [-0.2, -0.15) is 0 Å². The average Bonchev–Trinajstić information content (AvgIpc) is 2.93. The van der Waals surface area contributed by atoms with Gasteiger partial charge in [0.05, 0.1) is 17.2 Å². The van der Waals surface area contributed by atoms with Crippen LogP contribution in [0.25, 0.3) is 0 Å². The number of piperazine rings is 1. The van der Waals surface area contributed by atoms with Crippen LogP contribution in [0.1, 0.15) is 29.4 Å². The van der Waals surface area contributed by atoms with Crippen molar-refractivity contribution in [3.8, 4) is 0 Å². The minimum absolute atomic E-state index is 0.173. The fourth-order valence-corrected chi connectivity index (χ4v) is 3.80. The second-order valence-electron chi connectivity index (χ2n) is 6.53. The van der Waals surface area contributed by atoms with Gasteiger partial charge < -0.3 is 15.5 Å². The molecule has 7 nitrogen and oxygen atoms in total. The van der Waals surface area contributed by atoms with Crippen molar-refractivity contribution in [1.29, 1.82) is 0 Å². The molecule has 1 fully saturated rings. The summed E-state index contributed by atoms with van der Waals surface area (Å²) in [5.74, 6) is 1.03. The molecule has 0 aliphatic carbocycles. The lowest BCUT2D eigenvalue weighted by Crippen LogP contribution is -2.48. The maximum Gasteiger partial charge on any atom is 0.219 e. The van der Waals surface area contributed by atoms with E-state index >= 15 is 0 Å². The van der Waals surface area contributed by atoms with E-state index in [1.807, 2.05) is 4.90 Å². The van der Waals surface area contributed by atoms with E-state index in [9.17, 15) is 4.79 Å². The van der Waals surface area contributed by atoms with Crippen molar-refractivity contribution in [2.75, 3.05) is 52.4 Å². The molecule has 2 rings (SSSR count). The van der Waals surface area contributed by atoms with E-state index in [4.69, 9.17) is 0 Å². The van der Waals surface area contributed by atoms with Crippen LogP contribution in [-0.2, 0) is 11.2 Å². The number of amides is 1. The number of carbonyl (C=O) groups is 1. The molecule has 26 heavy (non-hydrogen) atoms. The highest BCUT2D eigenvalue weighted by Gasteiger charge is 2.17. The van der Waals surface area contributed by atoms with Gasteiger partial charge in [-0.05, 0) is 20.8 Å². The highest BCUT2D eigenvalue weighted by molar-refractivity contribution is 7.11. The Hall–Kier alpha value is -1.67. The Balaban J connectivity index is 1.71. The number of nitrogens with zero attached hydrogens (tertiary/aromatic N) is 4. The van der Waals surface area contributed by atoms with Gasteiger partial charge in [-0.3, -0.25) is 14.7 Å². The van der Waals surface area contributed by atoms with Crippen LogP contribution in [0.4, 0.5) is 0 Å². The van der Waals surface area contributed by atoms with Crippen molar-refractivity contribution < 1.29 is 4.79 Å². The van der Waals surface area contributed by atoms with Crippen LogP contribution in [0.5, 0.6) is 0 Å².